The van der Waals surface area contributed by atoms with E-state index in [1.54, 1.807) is 4.57 Å². The van der Waals surface area contributed by atoms with Crippen LogP contribution in [0.2, 0.25) is 0 Å². The van der Waals surface area contributed by atoms with Gasteiger partial charge in [-0.2, -0.15) is 9.97 Å². The van der Waals surface area contributed by atoms with Crippen LogP contribution in [0, 0.1) is 0 Å². The van der Waals surface area contributed by atoms with Crippen LogP contribution in [0.5, 0.6) is 0 Å². The van der Waals surface area contributed by atoms with Gasteiger partial charge in [0.05, 0.1) is 16.5 Å². The zero-order valence-electron chi connectivity index (χ0n) is 33.9. The van der Waals surface area contributed by atoms with Crippen LogP contribution in [0.25, 0.3) is 106 Å². The van der Waals surface area contributed by atoms with E-state index in [2.05, 4.69) is 42.5 Å². The molecule has 0 aliphatic rings. The van der Waals surface area contributed by atoms with Gasteiger partial charge < -0.3 is 4.42 Å². The topological polar surface area (TPSA) is 56.7 Å². The highest BCUT2D eigenvalue weighted by atomic mass is 16.3. The average Bonchev–Trinajstić information content (AvgIpc) is 3.86. The zero-order chi connectivity index (χ0) is 40.5. The molecule has 11 rings (SSSR count). The quantitative estimate of drug-likeness (QED) is 0.172. The zero-order valence-corrected chi connectivity index (χ0v) is 29.9. The molecule has 0 N–H and O–H groups in total. The first-order chi connectivity index (χ1) is 29.4. The Labute approximate surface area is 328 Å². The Balaban J connectivity index is 1.17. The van der Waals surface area contributed by atoms with Crippen molar-refractivity contribution in [2.75, 3.05) is 0 Å². The second-order valence-electron chi connectivity index (χ2n) is 13.8. The summed E-state index contributed by atoms with van der Waals surface area (Å²) in [5.74, 6) is 1.00. The van der Waals surface area contributed by atoms with E-state index in [1.807, 2.05) is 127 Å². The maximum Gasteiger partial charge on any atom is 0.238 e. The first-order valence-electron chi connectivity index (χ1n) is 20.4. The van der Waals surface area contributed by atoms with E-state index in [0.29, 0.717) is 39.1 Å². The summed E-state index contributed by atoms with van der Waals surface area (Å²) in [6.07, 6.45) is 0. The van der Waals surface area contributed by atoms with Gasteiger partial charge in [0.15, 0.2) is 11.6 Å². The fourth-order valence-corrected chi connectivity index (χ4v) is 7.64. The van der Waals surface area contributed by atoms with Crippen molar-refractivity contribution < 1.29 is 9.90 Å². The Morgan fingerprint density at radius 1 is 0.375 bits per heavy atom. The Bertz CT molecular complexity index is 3470. The number of hydrogen-bond acceptors (Lipinski definition) is 4. The van der Waals surface area contributed by atoms with Gasteiger partial charge >= 0.3 is 0 Å². The van der Waals surface area contributed by atoms with Crippen LogP contribution in [0.1, 0.15) is 5.48 Å². The lowest BCUT2D eigenvalue weighted by molar-refractivity contribution is 0.669. The largest absolute Gasteiger partial charge is 0.456 e. The second-order valence-corrected chi connectivity index (χ2v) is 13.8. The average molecular weight is 721 g/mol. The van der Waals surface area contributed by atoms with Crippen molar-refractivity contribution in [1.29, 1.82) is 0 Å². The van der Waals surface area contributed by atoms with Crippen LogP contribution in [0.3, 0.4) is 0 Å². The molecule has 0 saturated heterocycles. The fourth-order valence-electron chi connectivity index (χ4n) is 7.64. The van der Waals surface area contributed by atoms with Gasteiger partial charge in [-0.05, 0) is 69.8 Å². The Kier molecular flexibility index (Phi) is 6.50. The van der Waals surface area contributed by atoms with E-state index in [9.17, 15) is 1.37 Å². The van der Waals surface area contributed by atoms with Gasteiger partial charge in [0.2, 0.25) is 5.95 Å². The van der Waals surface area contributed by atoms with Gasteiger partial charge in [0, 0.05) is 32.7 Å². The van der Waals surface area contributed by atoms with Crippen molar-refractivity contribution in [2.24, 2.45) is 0 Å². The summed E-state index contributed by atoms with van der Waals surface area (Å²) in [5, 5.41) is 3.03. The summed E-state index contributed by atoms with van der Waals surface area (Å²) in [7, 11) is 0. The van der Waals surface area contributed by atoms with E-state index in [1.165, 1.54) is 0 Å². The predicted octanol–water partition coefficient (Wildman–Crippen LogP) is 13.2. The molecule has 262 valence electrons. The first kappa shape index (κ1) is 27.9. The maximum atomic E-state index is 9.28. The van der Waals surface area contributed by atoms with Gasteiger partial charge in [-0.3, -0.25) is 4.57 Å². The van der Waals surface area contributed by atoms with E-state index >= 15 is 0 Å². The lowest BCUT2D eigenvalue weighted by Gasteiger charge is -2.12. The molecule has 56 heavy (non-hydrogen) atoms. The molecule has 0 fully saturated rings. The van der Waals surface area contributed by atoms with E-state index in [-0.39, 0.29) is 35.6 Å². The Morgan fingerprint density at radius 3 is 1.73 bits per heavy atom. The number of furan rings is 1. The molecule has 3 heterocycles. The lowest BCUT2D eigenvalue weighted by atomic mass is 9.98. The van der Waals surface area contributed by atoms with Gasteiger partial charge in [-0.25, -0.2) is 4.98 Å². The molecule has 0 amide bonds. The number of benzene rings is 8. The van der Waals surface area contributed by atoms with E-state index < -0.39 is 0 Å². The molecule has 0 aliphatic heterocycles. The molecule has 0 bridgehead atoms. The maximum absolute atomic E-state index is 9.28. The molecule has 0 aliphatic carbocycles. The van der Waals surface area contributed by atoms with Crippen LogP contribution in [-0.4, -0.2) is 19.5 Å². The van der Waals surface area contributed by atoms with Gasteiger partial charge in [-0.1, -0.05) is 158 Å². The van der Waals surface area contributed by atoms with Gasteiger partial charge in [0.1, 0.15) is 11.2 Å². The lowest BCUT2D eigenvalue weighted by Crippen LogP contribution is -2.06. The van der Waals surface area contributed by atoms with E-state index in [4.69, 9.17) is 23.5 Å². The molecule has 0 radical (unpaired) electrons. The van der Waals surface area contributed by atoms with E-state index in [0.717, 1.165) is 55.3 Å². The minimum Gasteiger partial charge on any atom is -0.456 e. The minimum atomic E-state index is -0.339. The third-order valence-electron chi connectivity index (χ3n) is 10.4. The summed E-state index contributed by atoms with van der Waals surface area (Å²) in [6, 6.07) is 55.6. The molecule has 11 aromatic rings. The van der Waals surface area contributed by atoms with Crippen LogP contribution in [0.15, 0.2) is 198 Å². The van der Waals surface area contributed by atoms with Crippen molar-refractivity contribution in [3.63, 3.8) is 0 Å². The first-order valence-corrected chi connectivity index (χ1v) is 18.4. The number of hydrogen-bond donors (Lipinski definition) is 0. The SMILES string of the molecule is [2H]c1c([2H])c([2H])c2c(c1[2H])c1ccc(-c3cccc(-c4ccccc4)c3)cc1n2-c1nc(-c2ccc(-c3ccccc3)cc2)nc(-c2ccc3c(c2)oc2ccccc23)n1. The van der Waals surface area contributed by atoms with Crippen molar-refractivity contribution in [3.05, 3.63) is 194 Å². The Hall–Kier alpha value is -7.63. The van der Waals surface area contributed by atoms with Crippen molar-refractivity contribution in [1.82, 2.24) is 19.5 Å². The third-order valence-corrected chi connectivity index (χ3v) is 10.4. The summed E-state index contributed by atoms with van der Waals surface area (Å²) in [4.78, 5) is 15.3. The fraction of sp³-hybridized carbons (Fsp3) is 0. The number of aromatic nitrogens is 4. The number of fused-ring (bicyclic) bond motifs is 6. The number of rotatable bonds is 6. The van der Waals surface area contributed by atoms with Crippen LogP contribution >= 0.6 is 0 Å². The minimum absolute atomic E-state index is 0.130. The normalized spacial score (nSPS) is 12.6. The Morgan fingerprint density at radius 2 is 0.929 bits per heavy atom. The highest BCUT2D eigenvalue weighted by Gasteiger charge is 2.19. The summed E-state index contributed by atoms with van der Waals surface area (Å²) < 4.78 is 43.9. The van der Waals surface area contributed by atoms with Gasteiger partial charge in [0.25, 0.3) is 0 Å². The van der Waals surface area contributed by atoms with Crippen molar-refractivity contribution >= 4 is 43.7 Å². The molecular weight excluding hydrogens is 685 g/mol. The second kappa shape index (κ2) is 13.0. The molecular formula is C51H32N4O. The van der Waals surface area contributed by atoms with Crippen LogP contribution < -0.4 is 0 Å². The van der Waals surface area contributed by atoms with Crippen molar-refractivity contribution in [2.45, 2.75) is 0 Å². The standard InChI is InChI=1S/C51H32N4O/c1-3-12-33(13-4-1)35-22-24-36(25-23-35)49-52-50(40-27-29-44-43-19-8-10-21-47(43)56-48(44)32-40)54-51(53-49)55-45-20-9-7-18-41(45)42-28-26-39(31-46(42)55)38-17-11-16-37(30-38)34-14-5-2-6-15-34/h1-32H/i7D,9D,18D,20D. The number of nitrogens with zero attached hydrogens (tertiary/aromatic N) is 4. The molecule has 3 aromatic heterocycles. The highest BCUT2D eigenvalue weighted by molar-refractivity contribution is 6.10. The van der Waals surface area contributed by atoms with Gasteiger partial charge in [-0.15, -0.1) is 0 Å². The monoisotopic (exact) mass is 720 g/mol. The molecule has 0 saturated carbocycles. The van der Waals surface area contributed by atoms with Crippen LogP contribution in [0.4, 0.5) is 0 Å². The molecule has 5 heteroatoms. The smallest absolute Gasteiger partial charge is 0.238 e. The summed E-state index contributed by atoms with van der Waals surface area (Å²) >= 11 is 0. The molecule has 0 atom stereocenters. The summed E-state index contributed by atoms with van der Waals surface area (Å²) in [6.45, 7) is 0. The number of para-hydroxylation sites is 2. The molecule has 8 aromatic carbocycles. The molecule has 0 spiro atoms. The molecule has 5 nitrogen and oxygen atoms in total. The predicted molar refractivity (Wildman–Crippen MR) is 229 cm³/mol. The summed E-state index contributed by atoms with van der Waals surface area (Å²) in [5.41, 5.74) is 10.0. The molecule has 0 unspecified atom stereocenters. The van der Waals surface area contributed by atoms with Crippen molar-refractivity contribution in [3.8, 4) is 62.1 Å². The van der Waals surface area contributed by atoms with Crippen LogP contribution in [-0.2, 0) is 0 Å². The third kappa shape index (κ3) is 5.45. The highest BCUT2D eigenvalue weighted by Crippen LogP contribution is 2.37.